The minimum absolute atomic E-state index is 0.164. The number of nitrogens with two attached hydrogens (primary N) is 1. The van der Waals surface area contributed by atoms with Crippen LogP contribution in [-0.4, -0.2) is 14.5 Å². The van der Waals surface area contributed by atoms with Crippen LogP contribution in [0.15, 0.2) is 23.1 Å². The Bertz CT molecular complexity index is 546. The Labute approximate surface area is 115 Å². The smallest absolute Gasteiger partial charge is 0.238 e. The van der Waals surface area contributed by atoms with Crippen molar-refractivity contribution in [3.05, 3.63) is 23.8 Å². The second-order valence-corrected chi connectivity index (χ2v) is 7.00. The Morgan fingerprint density at radius 3 is 2.37 bits per heavy atom. The van der Waals surface area contributed by atoms with Crippen LogP contribution >= 0.6 is 0 Å². The number of benzene rings is 1. The molecule has 1 aromatic rings. The Kier molecular flexibility index (Phi) is 4.16. The average molecular weight is 283 g/mol. The maximum Gasteiger partial charge on any atom is 0.238 e. The van der Waals surface area contributed by atoms with Crippen LogP contribution < -0.4 is 9.88 Å². The lowest BCUT2D eigenvalue weighted by Gasteiger charge is -2.27. The first-order chi connectivity index (χ1) is 8.86. The van der Waals surface area contributed by atoms with Gasteiger partial charge >= 0.3 is 0 Å². The third kappa shape index (κ3) is 3.70. The second kappa shape index (κ2) is 5.51. The zero-order valence-corrected chi connectivity index (χ0v) is 12.2. The Hall–Kier alpha value is -1.07. The van der Waals surface area contributed by atoms with E-state index in [-0.39, 0.29) is 11.0 Å². The molecule has 0 heterocycles. The fourth-order valence-electron chi connectivity index (χ4n) is 2.55. The highest BCUT2D eigenvalue weighted by atomic mass is 32.2. The van der Waals surface area contributed by atoms with Gasteiger partial charge in [-0.25, -0.2) is 13.6 Å². The molecule has 2 N–H and O–H groups in total. The van der Waals surface area contributed by atoms with Crippen molar-refractivity contribution in [3.8, 4) is 5.75 Å². The van der Waals surface area contributed by atoms with Crippen molar-refractivity contribution in [2.24, 2.45) is 11.1 Å². The van der Waals surface area contributed by atoms with Gasteiger partial charge in [0.15, 0.2) is 0 Å². The normalized spacial score (nSPS) is 24.2. The molecule has 1 aromatic carbocycles. The van der Waals surface area contributed by atoms with Gasteiger partial charge in [0, 0.05) is 0 Å². The number of sulfonamides is 1. The largest absolute Gasteiger partial charge is 0.490 e. The minimum Gasteiger partial charge on any atom is -0.490 e. The van der Waals surface area contributed by atoms with Gasteiger partial charge in [-0.1, -0.05) is 6.92 Å². The monoisotopic (exact) mass is 283 g/mol. The van der Waals surface area contributed by atoms with E-state index in [9.17, 15) is 8.42 Å². The first-order valence-electron chi connectivity index (χ1n) is 6.66. The molecule has 4 nitrogen and oxygen atoms in total. The van der Waals surface area contributed by atoms with Crippen molar-refractivity contribution >= 4 is 10.0 Å². The van der Waals surface area contributed by atoms with Crippen LogP contribution in [-0.2, 0) is 10.0 Å². The minimum atomic E-state index is -3.65. The molecule has 1 aliphatic rings. The number of primary sulfonamides is 1. The summed E-state index contributed by atoms with van der Waals surface area (Å²) in [6.45, 7) is 4.00. The fourth-order valence-corrected chi connectivity index (χ4v) is 3.32. The molecule has 0 atom stereocenters. The quantitative estimate of drug-likeness (QED) is 0.927. The molecule has 106 valence electrons. The van der Waals surface area contributed by atoms with E-state index in [1.807, 2.05) is 0 Å². The summed E-state index contributed by atoms with van der Waals surface area (Å²) in [4.78, 5) is 0.164. The third-order valence-corrected chi connectivity index (χ3v) is 4.79. The standard InChI is InChI=1S/C14H21NO3S/c1-10-3-5-12(6-4-10)18-13-7-8-14(11(2)9-13)19(15,16)17/h7-10,12H,3-6H2,1-2H3,(H2,15,16,17). The molecule has 1 fully saturated rings. The van der Waals surface area contributed by atoms with Crippen molar-refractivity contribution < 1.29 is 13.2 Å². The highest BCUT2D eigenvalue weighted by molar-refractivity contribution is 7.89. The first kappa shape index (κ1) is 14.3. The van der Waals surface area contributed by atoms with Crippen LogP contribution in [0, 0.1) is 12.8 Å². The van der Waals surface area contributed by atoms with Crippen LogP contribution in [0.4, 0.5) is 0 Å². The molecule has 2 rings (SSSR count). The highest BCUT2D eigenvalue weighted by Crippen LogP contribution is 2.28. The predicted molar refractivity (Wildman–Crippen MR) is 74.6 cm³/mol. The number of aryl methyl sites for hydroxylation is 1. The Balaban J connectivity index is 2.08. The van der Waals surface area contributed by atoms with Gasteiger partial charge in [-0.2, -0.15) is 0 Å². The maximum absolute atomic E-state index is 11.3. The molecule has 19 heavy (non-hydrogen) atoms. The molecule has 0 aromatic heterocycles. The summed E-state index contributed by atoms with van der Waals surface area (Å²) in [5, 5.41) is 5.14. The predicted octanol–water partition coefficient (Wildman–Crippen LogP) is 2.60. The topological polar surface area (TPSA) is 69.4 Å². The Morgan fingerprint density at radius 2 is 1.84 bits per heavy atom. The summed E-state index contributed by atoms with van der Waals surface area (Å²) in [6.07, 6.45) is 4.77. The highest BCUT2D eigenvalue weighted by Gasteiger charge is 2.20. The van der Waals surface area contributed by atoms with Gasteiger partial charge in [-0.05, 0) is 62.3 Å². The third-order valence-electron chi connectivity index (χ3n) is 3.72. The van der Waals surface area contributed by atoms with Crippen molar-refractivity contribution in [2.75, 3.05) is 0 Å². The fraction of sp³-hybridized carbons (Fsp3) is 0.571. The summed E-state index contributed by atoms with van der Waals surface area (Å²) in [7, 11) is -3.65. The second-order valence-electron chi connectivity index (χ2n) is 5.47. The lowest BCUT2D eigenvalue weighted by molar-refractivity contribution is 0.135. The summed E-state index contributed by atoms with van der Waals surface area (Å²) in [5.41, 5.74) is 0.629. The molecule has 1 saturated carbocycles. The number of hydrogen-bond acceptors (Lipinski definition) is 3. The molecule has 5 heteroatoms. The zero-order chi connectivity index (χ0) is 14.0. The van der Waals surface area contributed by atoms with Crippen LogP contribution in [0.25, 0.3) is 0 Å². The molecule has 0 amide bonds. The first-order valence-corrected chi connectivity index (χ1v) is 8.21. The van der Waals surface area contributed by atoms with E-state index < -0.39 is 10.0 Å². The number of rotatable bonds is 3. The SMILES string of the molecule is Cc1cc(OC2CCC(C)CC2)ccc1S(N)(=O)=O. The molecule has 0 spiro atoms. The summed E-state index contributed by atoms with van der Waals surface area (Å²) >= 11 is 0. The zero-order valence-electron chi connectivity index (χ0n) is 11.4. The van der Waals surface area contributed by atoms with Crippen molar-refractivity contribution in [1.29, 1.82) is 0 Å². The van der Waals surface area contributed by atoms with Gasteiger partial charge in [-0.3, -0.25) is 0 Å². The Morgan fingerprint density at radius 1 is 1.21 bits per heavy atom. The van der Waals surface area contributed by atoms with E-state index in [4.69, 9.17) is 9.88 Å². The van der Waals surface area contributed by atoms with E-state index in [0.717, 1.165) is 24.5 Å². The lowest BCUT2D eigenvalue weighted by atomic mass is 9.89. The van der Waals surface area contributed by atoms with Gasteiger partial charge < -0.3 is 4.74 Å². The molecular weight excluding hydrogens is 262 g/mol. The molecule has 0 aliphatic heterocycles. The summed E-state index contributed by atoms with van der Waals surface area (Å²) in [5.74, 6) is 1.51. The molecule has 0 unspecified atom stereocenters. The molecule has 0 radical (unpaired) electrons. The molecule has 0 saturated heterocycles. The average Bonchev–Trinajstić information content (AvgIpc) is 2.30. The van der Waals surface area contributed by atoms with E-state index in [0.29, 0.717) is 5.56 Å². The van der Waals surface area contributed by atoms with Crippen LogP contribution in [0.3, 0.4) is 0 Å². The van der Waals surface area contributed by atoms with E-state index in [2.05, 4.69) is 6.92 Å². The van der Waals surface area contributed by atoms with Gasteiger partial charge in [0.25, 0.3) is 0 Å². The van der Waals surface area contributed by atoms with Crippen molar-refractivity contribution in [1.82, 2.24) is 0 Å². The van der Waals surface area contributed by atoms with E-state index >= 15 is 0 Å². The van der Waals surface area contributed by atoms with Gasteiger partial charge in [-0.15, -0.1) is 0 Å². The lowest BCUT2D eigenvalue weighted by Crippen LogP contribution is -2.23. The van der Waals surface area contributed by atoms with Crippen LogP contribution in [0.5, 0.6) is 5.75 Å². The molecule has 0 bridgehead atoms. The van der Waals surface area contributed by atoms with Crippen LogP contribution in [0.2, 0.25) is 0 Å². The van der Waals surface area contributed by atoms with Crippen molar-refractivity contribution in [2.45, 2.75) is 50.5 Å². The summed E-state index contributed by atoms with van der Waals surface area (Å²) in [6, 6.07) is 4.95. The van der Waals surface area contributed by atoms with E-state index in [1.54, 1.807) is 19.1 Å². The van der Waals surface area contributed by atoms with Gasteiger partial charge in [0.05, 0.1) is 11.0 Å². The summed E-state index contributed by atoms with van der Waals surface area (Å²) < 4.78 is 28.6. The number of hydrogen-bond donors (Lipinski definition) is 1. The number of ether oxygens (including phenoxy) is 1. The van der Waals surface area contributed by atoms with Gasteiger partial charge in [0.1, 0.15) is 5.75 Å². The van der Waals surface area contributed by atoms with Crippen LogP contribution in [0.1, 0.15) is 38.2 Å². The van der Waals surface area contributed by atoms with Crippen molar-refractivity contribution in [3.63, 3.8) is 0 Å². The maximum atomic E-state index is 11.3. The van der Waals surface area contributed by atoms with Gasteiger partial charge in [0.2, 0.25) is 10.0 Å². The molecular formula is C14H21NO3S. The van der Waals surface area contributed by atoms with E-state index in [1.165, 1.54) is 18.9 Å². The molecule has 1 aliphatic carbocycles.